The molecule has 0 unspecified atom stereocenters. The second kappa shape index (κ2) is 8.75. The fourth-order valence-corrected chi connectivity index (χ4v) is 5.46. The number of rotatable bonds is 5. The molecule has 4 rings (SSSR count). The van der Waals surface area contributed by atoms with Crippen LogP contribution in [0.5, 0.6) is 0 Å². The number of para-hydroxylation sites is 1. The van der Waals surface area contributed by atoms with Gasteiger partial charge in [-0.2, -0.15) is 5.26 Å². The van der Waals surface area contributed by atoms with Crippen LogP contribution in [0.3, 0.4) is 0 Å². The van der Waals surface area contributed by atoms with Crippen molar-refractivity contribution in [2.45, 2.75) is 35.5 Å². The topological polar surface area (TPSA) is 78.2 Å². The molecule has 1 amide bonds. The lowest BCUT2D eigenvalue weighted by molar-refractivity contribution is -0.118. The first-order valence-electron chi connectivity index (χ1n) is 10.2. The van der Waals surface area contributed by atoms with E-state index in [0.717, 1.165) is 24.0 Å². The third-order valence-corrected chi connectivity index (χ3v) is 7.34. The van der Waals surface area contributed by atoms with E-state index >= 15 is 0 Å². The summed E-state index contributed by atoms with van der Waals surface area (Å²) in [4.78, 5) is 15.2. The van der Waals surface area contributed by atoms with Crippen LogP contribution in [0.1, 0.15) is 29.5 Å². The Balaban J connectivity index is 1.64. The first-order chi connectivity index (χ1) is 15.0. The minimum atomic E-state index is -3.75. The number of hydrogen-bond acceptors (Lipinski definition) is 4. The normalized spacial score (nSPS) is 13.3. The Kier molecular flexibility index (Phi) is 5.88. The van der Waals surface area contributed by atoms with E-state index in [2.05, 4.69) is 6.07 Å². The van der Waals surface area contributed by atoms with Gasteiger partial charge in [-0.25, -0.2) is 8.42 Å². The molecule has 5 nitrogen and oxygen atoms in total. The van der Waals surface area contributed by atoms with Crippen LogP contribution in [-0.4, -0.2) is 20.9 Å². The van der Waals surface area contributed by atoms with Gasteiger partial charge in [0.15, 0.2) is 0 Å². The maximum atomic E-state index is 13.3. The van der Waals surface area contributed by atoms with E-state index in [-0.39, 0.29) is 22.1 Å². The van der Waals surface area contributed by atoms with Gasteiger partial charge in [0.1, 0.15) is 0 Å². The Morgan fingerprint density at radius 2 is 1.71 bits per heavy atom. The molecule has 0 aliphatic carbocycles. The third-order valence-electron chi connectivity index (χ3n) is 5.53. The van der Waals surface area contributed by atoms with E-state index in [1.807, 2.05) is 18.2 Å². The van der Waals surface area contributed by atoms with Crippen LogP contribution in [-0.2, 0) is 27.5 Å². The van der Waals surface area contributed by atoms with Gasteiger partial charge in [0.25, 0.3) is 0 Å². The number of aryl methyl sites for hydroxylation is 2. The summed E-state index contributed by atoms with van der Waals surface area (Å²) in [5, 5.41) is 8.92. The molecule has 0 bridgehead atoms. The summed E-state index contributed by atoms with van der Waals surface area (Å²) in [7, 11) is -3.75. The maximum Gasteiger partial charge on any atom is 0.227 e. The highest BCUT2D eigenvalue weighted by Gasteiger charge is 2.30. The molecule has 3 aromatic rings. The first-order valence-corrected chi connectivity index (χ1v) is 11.7. The molecule has 1 aliphatic heterocycles. The van der Waals surface area contributed by atoms with Gasteiger partial charge in [-0.1, -0.05) is 42.5 Å². The highest BCUT2D eigenvalue weighted by Crippen LogP contribution is 2.37. The summed E-state index contributed by atoms with van der Waals surface area (Å²) in [5.41, 5.74) is 2.95. The van der Waals surface area contributed by atoms with Crippen LogP contribution in [0.25, 0.3) is 0 Å². The fourth-order valence-electron chi connectivity index (χ4n) is 3.94. The largest absolute Gasteiger partial charge is 0.311 e. The van der Waals surface area contributed by atoms with Crippen LogP contribution in [0.15, 0.2) is 82.6 Å². The van der Waals surface area contributed by atoms with Crippen LogP contribution in [0, 0.1) is 11.3 Å². The van der Waals surface area contributed by atoms with Crippen molar-refractivity contribution in [2.75, 3.05) is 11.4 Å². The van der Waals surface area contributed by atoms with Crippen LogP contribution in [0.2, 0.25) is 0 Å². The first kappa shape index (κ1) is 20.8. The lowest BCUT2D eigenvalue weighted by Gasteiger charge is -2.31. The molecule has 0 atom stereocenters. The minimum Gasteiger partial charge on any atom is -0.311 e. The molecule has 0 aromatic heterocycles. The van der Waals surface area contributed by atoms with Crippen molar-refractivity contribution >= 4 is 21.4 Å². The second-order valence-corrected chi connectivity index (χ2v) is 9.46. The van der Waals surface area contributed by atoms with Gasteiger partial charge in [-0.15, -0.1) is 0 Å². The van der Waals surface area contributed by atoms with E-state index in [0.29, 0.717) is 24.2 Å². The number of carbonyl (C=O) groups excluding carboxylic acids is 1. The highest BCUT2D eigenvalue weighted by molar-refractivity contribution is 7.91. The van der Waals surface area contributed by atoms with E-state index in [1.54, 1.807) is 59.5 Å². The van der Waals surface area contributed by atoms with Crippen molar-refractivity contribution in [3.8, 4) is 6.07 Å². The Bertz CT molecular complexity index is 1240. The zero-order chi connectivity index (χ0) is 21.8. The predicted octanol–water partition coefficient (Wildman–Crippen LogP) is 4.30. The van der Waals surface area contributed by atoms with Crippen molar-refractivity contribution in [1.82, 2.24) is 0 Å². The van der Waals surface area contributed by atoms with Crippen molar-refractivity contribution in [3.05, 3.63) is 89.5 Å². The Labute approximate surface area is 182 Å². The molecule has 0 spiro atoms. The predicted molar refractivity (Wildman–Crippen MR) is 118 cm³/mol. The lowest BCUT2D eigenvalue weighted by atomic mass is 10.0. The molecule has 0 N–H and O–H groups in total. The summed E-state index contributed by atoms with van der Waals surface area (Å²) in [5.74, 6) is -0.0963. The molecule has 1 heterocycles. The van der Waals surface area contributed by atoms with Gasteiger partial charge >= 0.3 is 0 Å². The van der Waals surface area contributed by atoms with Crippen molar-refractivity contribution < 1.29 is 13.2 Å². The molecular formula is C25H22N2O3S. The monoisotopic (exact) mass is 430 g/mol. The van der Waals surface area contributed by atoms with Crippen LogP contribution >= 0.6 is 0 Å². The molecule has 3 aromatic carbocycles. The molecule has 0 radical (unpaired) electrons. The standard InChI is InChI=1S/C25H22N2O3S/c26-18-20-13-11-19(12-14-20)15-16-24(28)27-17-5-7-21-6-4-10-23(25(21)27)31(29,30)22-8-2-1-3-9-22/h1-4,6,8-14H,5,7,15-17H2. The summed E-state index contributed by atoms with van der Waals surface area (Å²) < 4.78 is 26.7. The van der Waals surface area contributed by atoms with E-state index in [4.69, 9.17) is 5.26 Å². The smallest absolute Gasteiger partial charge is 0.227 e. The molecule has 0 saturated heterocycles. The molecule has 0 saturated carbocycles. The van der Waals surface area contributed by atoms with Crippen LogP contribution < -0.4 is 4.90 Å². The Hall–Kier alpha value is -3.43. The average Bonchev–Trinajstić information content (AvgIpc) is 2.82. The van der Waals surface area contributed by atoms with Crippen molar-refractivity contribution in [3.63, 3.8) is 0 Å². The summed E-state index contributed by atoms with van der Waals surface area (Å²) >= 11 is 0. The number of sulfone groups is 1. The number of hydrogen-bond donors (Lipinski definition) is 0. The molecule has 1 aliphatic rings. The van der Waals surface area contributed by atoms with Gasteiger partial charge in [-0.05, 0) is 60.7 Å². The van der Waals surface area contributed by atoms with Gasteiger partial charge in [-0.3, -0.25) is 4.79 Å². The minimum absolute atomic E-state index is 0.0963. The summed E-state index contributed by atoms with van der Waals surface area (Å²) in [6.45, 7) is 0.501. The number of fused-ring (bicyclic) bond motifs is 1. The van der Waals surface area contributed by atoms with Gasteiger partial charge in [0.2, 0.25) is 15.7 Å². The molecule has 6 heteroatoms. The third kappa shape index (κ3) is 4.23. The van der Waals surface area contributed by atoms with Gasteiger partial charge in [0.05, 0.1) is 27.1 Å². The molecule has 31 heavy (non-hydrogen) atoms. The zero-order valence-corrected chi connectivity index (χ0v) is 17.8. The SMILES string of the molecule is N#Cc1ccc(CCC(=O)N2CCCc3cccc(S(=O)(=O)c4ccccc4)c32)cc1. The van der Waals surface area contributed by atoms with E-state index in [9.17, 15) is 13.2 Å². The lowest BCUT2D eigenvalue weighted by Crippen LogP contribution is -2.36. The van der Waals surface area contributed by atoms with Gasteiger partial charge in [0, 0.05) is 13.0 Å². The number of anilines is 1. The number of carbonyl (C=O) groups is 1. The van der Waals surface area contributed by atoms with Crippen LogP contribution in [0.4, 0.5) is 5.69 Å². The number of nitrogens with zero attached hydrogens (tertiary/aromatic N) is 2. The fraction of sp³-hybridized carbons (Fsp3) is 0.200. The Morgan fingerprint density at radius 3 is 2.42 bits per heavy atom. The average molecular weight is 431 g/mol. The van der Waals surface area contributed by atoms with E-state index < -0.39 is 9.84 Å². The number of amides is 1. The molecular weight excluding hydrogens is 408 g/mol. The quantitative estimate of drug-likeness (QED) is 0.604. The van der Waals surface area contributed by atoms with E-state index in [1.165, 1.54) is 0 Å². The zero-order valence-electron chi connectivity index (χ0n) is 17.0. The summed E-state index contributed by atoms with van der Waals surface area (Å²) in [6.07, 6.45) is 2.34. The summed E-state index contributed by atoms with van der Waals surface area (Å²) in [6, 6.07) is 22.8. The second-order valence-electron chi connectivity index (χ2n) is 7.54. The van der Waals surface area contributed by atoms with Crippen molar-refractivity contribution in [1.29, 1.82) is 5.26 Å². The van der Waals surface area contributed by atoms with Crippen molar-refractivity contribution in [2.24, 2.45) is 0 Å². The highest BCUT2D eigenvalue weighted by atomic mass is 32.2. The molecule has 156 valence electrons. The number of benzene rings is 3. The molecule has 0 fully saturated rings. The Morgan fingerprint density at radius 1 is 0.968 bits per heavy atom. The maximum absolute atomic E-state index is 13.3. The number of nitriles is 1. The van der Waals surface area contributed by atoms with Gasteiger partial charge < -0.3 is 4.90 Å².